The van der Waals surface area contributed by atoms with Crippen molar-refractivity contribution in [3.05, 3.63) is 35.4 Å². The van der Waals surface area contributed by atoms with Gasteiger partial charge in [0.05, 0.1) is 13.2 Å². The van der Waals surface area contributed by atoms with Crippen molar-refractivity contribution in [3.63, 3.8) is 0 Å². The standard InChI is InChI=1S/C15H21N3O3/c1-11-2-4-12(5-3-11)6-7-14(19)18-8-9-21-13(10-18)15(16)17-20/h2-5,13,20H,6-10H2,1H3,(H2,16,17). The molecular weight excluding hydrogens is 270 g/mol. The highest BCUT2D eigenvalue weighted by atomic mass is 16.5. The highest BCUT2D eigenvalue weighted by molar-refractivity contribution is 5.85. The van der Waals surface area contributed by atoms with E-state index >= 15 is 0 Å². The van der Waals surface area contributed by atoms with Crippen molar-refractivity contribution in [2.24, 2.45) is 10.9 Å². The van der Waals surface area contributed by atoms with Crippen molar-refractivity contribution >= 4 is 11.7 Å². The maximum absolute atomic E-state index is 12.2. The van der Waals surface area contributed by atoms with Gasteiger partial charge in [0.25, 0.3) is 0 Å². The number of ether oxygens (including phenoxy) is 1. The van der Waals surface area contributed by atoms with E-state index in [9.17, 15) is 4.79 Å². The molecule has 1 aromatic carbocycles. The fraction of sp³-hybridized carbons (Fsp3) is 0.467. The SMILES string of the molecule is Cc1ccc(CCC(=O)N2CCOC(C(N)=NO)C2)cc1. The van der Waals surface area contributed by atoms with Crippen molar-refractivity contribution < 1.29 is 14.7 Å². The zero-order valence-electron chi connectivity index (χ0n) is 12.2. The third-order valence-electron chi connectivity index (χ3n) is 3.61. The number of amidine groups is 1. The molecule has 1 heterocycles. The van der Waals surface area contributed by atoms with Crippen molar-refractivity contribution in [3.8, 4) is 0 Å². The Kier molecular flexibility index (Phi) is 5.16. The zero-order valence-corrected chi connectivity index (χ0v) is 12.2. The van der Waals surface area contributed by atoms with Crippen LogP contribution in [-0.2, 0) is 16.0 Å². The summed E-state index contributed by atoms with van der Waals surface area (Å²) < 4.78 is 5.38. The minimum atomic E-state index is -0.521. The number of hydrogen-bond acceptors (Lipinski definition) is 4. The number of hydrogen-bond donors (Lipinski definition) is 2. The molecule has 1 saturated heterocycles. The van der Waals surface area contributed by atoms with E-state index in [1.807, 2.05) is 31.2 Å². The second-order valence-corrected chi connectivity index (χ2v) is 5.21. The number of benzene rings is 1. The number of aryl methyl sites for hydroxylation is 2. The van der Waals surface area contributed by atoms with Crippen LogP contribution in [0.4, 0.5) is 0 Å². The molecule has 1 fully saturated rings. The van der Waals surface area contributed by atoms with Crippen LogP contribution in [0.3, 0.4) is 0 Å². The smallest absolute Gasteiger partial charge is 0.223 e. The third-order valence-corrected chi connectivity index (χ3v) is 3.61. The van der Waals surface area contributed by atoms with Gasteiger partial charge in [-0.3, -0.25) is 4.79 Å². The van der Waals surface area contributed by atoms with Crippen LogP contribution in [0.5, 0.6) is 0 Å². The molecule has 1 unspecified atom stereocenters. The molecule has 21 heavy (non-hydrogen) atoms. The van der Waals surface area contributed by atoms with Gasteiger partial charge in [-0.05, 0) is 18.9 Å². The summed E-state index contributed by atoms with van der Waals surface area (Å²) in [6, 6.07) is 8.17. The maximum atomic E-state index is 12.2. The van der Waals surface area contributed by atoms with Crippen LogP contribution in [0.15, 0.2) is 29.4 Å². The van der Waals surface area contributed by atoms with E-state index in [1.165, 1.54) is 5.56 Å². The number of nitrogens with two attached hydrogens (primary N) is 1. The fourth-order valence-electron chi connectivity index (χ4n) is 2.28. The normalized spacial score (nSPS) is 19.6. The number of carbonyl (C=O) groups excluding carboxylic acids is 1. The predicted octanol–water partition coefficient (Wildman–Crippen LogP) is 0.901. The Morgan fingerprint density at radius 3 is 2.86 bits per heavy atom. The first-order chi connectivity index (χ1) is 10.1. The largest absolute Gasteiger partial charge is 0.409 e. The van der Waals surface area contributed by atoms with Gasteiger partial charge in [0.1, 0.15) is 6.10 Å². The van der Waals surface area contributed by atoms with Crippen LogP contribution in [-0.4, -0.2) is 47.7 Å². The molecule has 1 aliphatic rings. The van der Waals surface area contributed by atoms with E-state index in [0.717, 1.165) is 5.56 Å². The molecule has 2 rings (SSSR count). The van der Waals surface area contributed by atoms with Gasteiger partial charge < -0.3 is 20.6 Å². The third kappa shape index (κ3) is 4.19. The Balaban J connectivity index is 1.86. The molecule has 1 aliphatic heterocycles. The van der Waals surface area contributed by atoms with E-state index < -0.39 is 6.10 Å². The lowest BCUT2D eigenvalue weighted by atomic mass is 10.1. The summed E-state index contributed by atoms with van der Waals surface area (Å²) >= 11 is 0. The van der Waals surface area contributed by atoms with Crippen LogP contribution in [0, 0.1) is 6.92 Å². The highest BCUT2D eigenvalue weighted by Crippen LogP contribution is 2.10. The van der Waals surface area contributed by atoms with Crippen molar-refractivity contribution in [1.82, 2.24) is 4.90 Å². The van der Waals surface area contributed by atoms with Gasteiger partial charge in [0.2, 0.25) is 5.91 Å². The van der Waals surface area contributed by atoms with Crippen LogP contribution >= 0.6 is 0 Å². The van der Waals surface area contributed by atoms with E-state index in [-0.39, 0.29) is 11.7 Å². The lowest BCUT2D eigenvalue weighted by Crippen LogP contribution is -2.50. The summed E-state index contributed by atoms with van der Waals surface area (Å²) in [7, 11) is 0. The van der Waals surface area contributed by atoms with Crippen molar-refractivity contribution in [2.45, 2.75) is 25.9 Å². The Morgan fingerprint density at radius 2 is 2.19 bits per heavy atom. The Labute approximate surface area is 124 Å². The van der Waals surface area contributed by atoms with Crippen molar-refractivity contribution in [1.29, 1.82) is 0 Å². The van der Waals surface area contributed by atoms with Gasteiger partial charge in [-0.25, -0.2) is 0 Å². The lowest BCUT2D eigenvalue weighted by molar-refractivity contribution is -0.136. The Hall–Kier alpha value is -2.08. The molecule has 0 aromatic heterocycles. The first-order valence-corrected chi connectivity index (χ1v) is 7.02. The van der Waals surface area contributed by atoms with Gasteiger partial charge in [-0.15, -0.1) is 0 Å². The first-order valence-electron chi connectivity index (χ1n) is 7.02. The van der Waals surface area contributed by atoms with Crippen LogP contribution in [0.2, 0.25) is 0 Å². The Morgan fingerprint density at radius 1 is 1.48 bits per heavy atom. The minimum absolute atomic E-state index is 0.00559. The molecule has 0 spiro atoms. The van der Waals surface area contributed by atoms with E-state index in [2.05, 4.69) is 5.16 Å². The molecule has 0 radical (unpaired) electrons. The summed E-state index contributed by atoms with van der Waals surface area (Å²) in [5, 5.41) is 11.6. The summed E-state index contributed by atoms with van der Waals surface area (Å²) in [6.45, 7) is 3.32. The average Bonchev–Trinajstić information content (AvgIpc) is 2.53. The molecular formula is C15H21N3O3. The number of morpholine rings is 1. The molecule has 3 N–H and O–H groups in total. The summed E-state index contributed by atoms with van der Waals surface area (Å²) in [5.74, 6) is 0.0700. The molecule has 1 amide bonds. The summed E-state index contributed by atoms with van der Waals surface area (Å²) in [4.78, 5) is 13.9. The molecule has 6 heteroatoms. The van der Waals surface area contributed by atoms with Gasteiger partial charge >= 0.3 is 0 Å². The molecule has 6 nitrogen and oxygen atoms in total. The molecule has 1 aromatic rings. The van der Waals surface area contributed by atoms with Crippen molar-refractivity contribution in [2.75, 3.05) is 19.7 Å². The molecule has 0 aliphatic carbocycles. The number of nitrogens with zero attached hydrogens (tertiary/aromatic N) is 2. The monoisotopic (exact) mass is 291 g/mol. The van der Waals surface area contributed by atoms with Gasteiger partial charge in [-0.2, -0.15) is 0 Å². The second-order valence-electron chi connectivity index (χ2n) is 5.21. The summed E-state index contributed by atoms with van der Waals surface area (Å²) in [6.07, 6.45) is 0.642. The van der Waals surface area contributed by atoms with Crippen LogP contribution in [0.25, 0.3) is 0 Å². The second kappa shape index (κ2) is 7.08. The van der Waals surface area contributed by atoms with Gasteiger partial charge in [0, 0.05) is 13.0 Å². The quantitative estimate of drug-likeness (QED) is 0.373. The topological polar surface area (TPSA) is 88.2 Å². The van der Waals surface area contributed by atoms with Gasteiger partial charge in [-0.1, -0.05) is 35.0 Å². The van der Waals surface area contributed by atoms with E-state index in [0.29, 0.717) is 32.5 Å². The molecule has 114 valence electrons. The maximum Gasteiger partial charge on any atom is 0.223 e. The fourth-order valence-corrected chi connectivity index (χ4v) is 2.28. The first kappa shape index (κ1) is 15.3. The molecule has 1 atom stereocenters. The Bertz CT molecular complexity index is 513. The predicted molar refractivity (Wildman–Crippen MR) is 79.2 cm³/mol. The number of oxime groups is 1. The van der Waals surface area contributed by atoms with Crippen LogP contribution < -0.4 is 5.73 Å². The number of amides is 1. The van der Waals surface area contributed by atoms with E-state index in [1.54, 1.807) is 4.90 Å². The lowest BCUT2D eigenvalue weighted by Gasteiger charge is -2.32. The molecule has 0 saturated carbocycles. The number of rotatable bonds is 4. The summed E-state index contributed by atoms with van der Waals surface area (Å²) in [5.41, 5.74) is 7.88. The molecule has 0 bridgehead atoms. The highest BCUT2D eigenvalue weighted by Gasteiger charge is 2.26. The van der Waals surface area contributed by atoms with Crippen LogP contribution in [0.1, 0.15) is 17.5 Å². The van der Waals surface area contributed by atoms with Gasteiger partial charge in [0.15, 0.2) is 5.84 Å². The van der Waals surface area contributed by atoms with E-state index in [4.69, 9.17) is 15.7 Å². The minimum Gasteiger partial charge on any atom is -0.409 e. The zero-order chi connectivity index (χ0) is 15.2. The number of carbonyl (C=O) groups is 1. The average molecular weight is 291 g/mol.